The molecule has 52 heavy (non-hydrogen) atoms. The number of ether oxygens (including phenoxy) is 1. The lowest BCUT2D eigenvalue weighted by Crippen LogP contribution is -2.48. The number of aryl methyl sites for hydroxylation is 1. The summed E-state index contributed by atoms with van der Waals surface area (Å²) in [5, 5.41) is 2.78. The van der Waals surface area contributed by atoms with Crippen LogP contribution in [0.2, 0.25) is 0 Å². The molecule has 0 N–H and O–H groups in total. The van der Waals surface area contributed by atoms with Gasteiger partial charge in [0, 0.05) is 11.8 Å². The number of hydrogen-bond donors (Lipinski definition) is 0. The van der Waals surface area contributed by atoms with Gasteiger partial charge in [-0.15, -0.1) is 0 Å². The highest BCUT2D eigenvalue weighted by Crippen LogP contribution is 2.67. The molecule has 2 fully saturated rings. The molecule has 3 atom stereocenters. The van der Waals surface area contributed by atoms with Gasteiger partial charge in [0.25, 0.3) is 0 Å². The summed E-state index contributed by atoms with van der Waals surface area (Å²) in [7, 11) is -3.72. The SMILES string of the molecule is CC1(C)[C@@H]2CC[C@@]1(CS(=O)(=O)c1ccccc1)[C@H](OC(=O)C(C(=O)CCc1ccccc1)=P(c1ccccc1)(c1ccccc1)c1ccccc1)C2. The Hall–Kier alpha value is -4.51. The van der Waals surface area contributed by atoms with Crippen LogP contribution in [0.5, 0.6) is 0 Å². The van der Waals surface area contributed by atoms with Crippen LogP contribution >= 0.6 is 6.89 Å². The number of hydrogen-bond acceptors (Lipinski definition) is 5. The first-order valence-electron chi connectivity index (χ1n) is 18.1. The maximum Gasteiger partial charge on any atom is 0.343 e. The lowest BCUT2D eigenvalue weighted by molar-refractivity contribution is -0.148. The standard InChI is InChI=1S/C45H45O5PS/c1-44(2)35-30-31-45(44,33-52(48,49)39-26-16-7-17-27-39)41(32-35)50-43(47)42(40(46)29-28-34-18-8-3-9-19-34)51(36-20-10-4-11-21-36,37-22-12-5-13-23-37)38-24-14-6-15-25-38/h3-27,35,41H,28-33H2,1-2H3/t35-,41-,45-/m1/s1. The third-order valence-corrected chi connectivity index (χ3v) is 18.1. The van der Waals surface area contributed by atoms with Crippen LogP contribution in [0.15, 0.2) is 157 Å². The Morgan fingerprint density at radius 3 is 1.63 bits per heavy atom. The topological polar surface area (TPSA) is 77.5 Å². The normalized spacial score (nSPS) is 20.7. The maximum absolute atomic E-state index is 15.4. The van der Waals surface area contributed by atoms with E-state index in [1.165, 1.54) is 0 Å². The molecule has 0 amide bonds. The number of rotatable bonds is 12. The van der Waals surface area contributed by atoms with E-state index in [9.17, 15) is 8.42 Å². The van der Waals surface area contributed by atoms with Crippen LogP contribution in [0.25, 0.3) is 0 Å². The lowest BCUT2D eigenvalue weighted by Gasteiger charge is -2.42. The van der Waals surface area contributed by atoms with Crippen molar-refractivity contribution in [1.29, 1.82) is 0 Å². The minimum absolute atomic E-state index is 0.120. The summed E-state index contributed by atoms with van der Waals surface area (Å²) >= 11 is 0. The van der Waals surface area contributed by atoms with Gasteiger partial charge in [0.05, 0.1) is 10.6 Å². The molecule has 2 aliphatic carbocycles. The average molecular weight is 729 g/mol. The number of sulfone groups is 1. The Kier molecular flexibility index (Phi) is 9.99. The molecule has 5 aromatic rings. The summed E-state index contributed by atoms with van der Waals surface area (Å²) in [4.78, 5) is 30.7. The molecule has 0 aromatic heterocycles. The van der Waals surface area contributed by atoms with E-state index in [1.807, 2.05) is 121 Å². The fourth-order valence-electron chi connectivity index (χ4n) is 8.99. The largest absolute Gasteiger partial charge is 0.458 e. The molecule has 0 radical (unpaired) electrons. The molecule has 0 spiro atoms. The van der Waals surface area contributed by atoms with Crippen LogP contribution < -0.4 is 15.9 Å². The molecular formula is C45H45O5PS. The number of carbonyl (C=O) groups is 2. The number of esters is 1. The Morgan fingerprint density at radius 1 is 0.692 bits per heavy atom. The molecule has 5 nitrogen and oxygen atoms in total. The minimum Gasteiger partial charge on any atom is -0.458 e. The number of carbonyl (C=O) groups excluding carboxylic acids is 2. The monoisotopic (exact) mass is 728 g/mol. The summed E-state index contributed by atoms with van der Waals surface area (Å²) in [6, 6.07) is 48.0. The predicted octanol–water partition coefficient (Wildman–Crippen LogP) is 7.57. The Bertz CT molecular complexity index is 2100. The Morgan fingerprint density at radius 2 is 1.15 bits per heavy atom. The molecule has 2 bridgehead atoms. The highest BCUT2D eigenvalue weighted by molar-refractivity contribution is 7.97. The summed E-state index contributed by atoms with van der Waals surface area (Å²) in [6.45, 7) is 1.12. The highest BCUT2D eigenvalue weighted by Gasteiger charge is 2.67. The van der Waals surface area contributed by atoms with E-state index < -0.39 is 39.6 Å². The van der Waals surface area contributed by atoms with Gasteiger partial charge in [0.15, 0.2) is 15.6 Å². The first kappa shape index (κ1) is 35.9. The van der Waals surface area contributed by atoms with Gasteiger partial charge in [0.1, 0.15) is 11.4 Å². The molecule has 2 aliphatic rings. The molecule has 7 rings (SSSR count). The molecular weight excluding hydrogens is 684 g/mol. The van der Waals surface area contributed by atoms with Crippen LogP contribution in [0.3, 0.4) is 0 Å². The van der Waals surface area contributed by atoms with Crippen molar-refractivity contribution < 1.29 is 22.7 Å². The zero-order valence-electron chi connectivity index (χ0n) is 29.7. The molecule has 0 saturated heterocycles. The summed E-state index contributed by atoms with van der Waals surface area (Å²) < 4.78 is 34.9. The molecule has 5 aromatic carbocycles. The van der Waals surface area contributed by atoms with E-state index in [1.54, 1.807) is 30.3 Å². The molecule has 7 heteroatoms. The maximum atomic E-state index is 15.4. The number of fused-ring (bicyclic) bond motifs is 2. The molecule has 2 saturated carbocycles. The van der Waals surface area contributed by atoms with Gasteiger partial charge in [-0.3, -0.25) is 4.79 Å². The van der Waals surface area contributed by atoms with Gasteiger partial charge in [-0.05, 0) is 77.5 Å². The predicted molar refractivity (Wildman–Crippen MR) is 212 cm³/mol. The van der Waals surface area contributed by atoms with Crippen molar-refractivity contribution in [2.45, 2.75) is 57.0 Å². The van der Waals surface area contributed by atoms with Crippen LogP contribution in [0.1, 0.15) is 45.1 Å². The summed E-state index contributed by atoms with van der Waals surface area (Å²) in [5.41, 5.74) is -0.207. The molecule has 0 heterocycles. The zero-order valence-corrected chi connectivity index (χ0v) is 31.4. The summed E-state index contributed by atoms with van der Waals surface area (Å²) in [5.74, 6) is -0.843. The third kappa shape index (κ3) is 6.31. The average Bonchev–Trinajstić information content (AvgIpc) is 3.53. The second kappa shape index (κ2) is 14.5. The van der Waals surface area contributed by atoms with Crippen molar-refractivity contribution >= 4 is 49.7 Å². The van der Waals surface area contributed by atoms with Gasteiger partial charge in [-0.25, -0.2) is 13.2 Å². The van der Waals surface area contributed by atoms with Gasteiger partial charge in [-0.1, -0.05) is 153 Å². The fraction of sp³-hybridized carbons (Fsp3) is 0.267. The van der Waals surface area contributed by atoms with E-state index in [0.717, 1.165) is 27.9 Å². The molecule has 0 aliphatic heterocycles. The second-order valence-corrected chi connectivity index (χ2v) is 20.1. The fourth-order valence-corrected chi connectivity index (χ4v) is 15.4. The van der Waals surface area contributed by atoms with E-state index >= 15 is 9.59 Å². The first-order chi connectivity index (χ1) is 25.1. The Balaban J connectivity index is 1.42. The second-order valence-electron chi connectivity index (χ2n) is 14.8. The van der Waals surface area contributed by atoms with E-state index in [-0.39, 0.29) is 34.1 Å². The van der Waals surface area contributed by atoms with Gasteiger partial charge >= 0.3 is 5.97 Å². The highest BCUT2D eigenvalue weighted by atomic mass is 32.2. The number of ketones is 1. The van der Waals surface area contributed by atoms with Gasteiger partial charge in [-0.2, -0.15) is 0 Å². The number of benzene rings is 5. The minimum atomic E-state index is -3.72. The lowest BCUT2D eigenvalue weighted by atomic mass is 9.69. The zero-order chi connectivity index (χ0) is 36.4. The van der Waals surface area contributed by atoms with Crippen LogP contribution in [0, 0.1) is 16.7 Å². The van der Waals surface area contributed by atoms with Crippen molar-refractivity contribution in [1.82, 2.24) is 0 Å². The first-order valence-corrected chi connectivity index (χ1v) is 21.5. The van der Waals surface area contributed by atoms with E-state index in [4.69, 9.17) is 4.74 Å². The smallest absolute Gasteiger partial charge is 0.343 e. The van der Waals surface area contributed by atoms with Crippen molar-refractivity contribution in [2.24, 2.45) is 16.7 Å². The van der Waals surface area contributed by atoms with Crippen LogP contribution in [-0.4, -0.2) is 37.3 Å². The van der Waals surface area contributed by atoms with Crippen molar-refractivity contribution in [3.05, 3.63) is 157 Å². The van der Waals surface area contributed by atoms with Gasteiger partial charge < -0.3 is 4.74 Å². The summed E-state index contributed by atoms with van der Waals surface area (Å²) in [6.07, 6.45) is 1.96. The number of Topliss-reactive ketones (excluding diaryl/α,β-unsaturated/α-hetero) is 1. The van der Waals surface area contributed by atoms with Crippen molar-refractivity contribution in [2.75, 3.05) is 5.75 Å². The van der Waals surface area contributed by atoms with Crippen LogP contribution in [-0.2, 0) is 30.6 Å². The van der Waals surface area contributed by atoms with E-state index in [0.29, 0.717) is 19.3 Å². The van der Waals surface area contributed by atoms with Crippen LogP contribution in [0.4, 0.5) is 0 Å². The van der Waals surface area contributed by atoms with Gasteiger partial charge in [0.2, 0.25) is 0 Å². The Labute approximate surface area is 308 Å². The van der Waals surface area contributed by atoms with Crippen molar-refractivity contribution in [3.8, 4) is 0 Å². The van der Waals surface area contributed by atoms with Crippen molar-refractivity contribution in [3.63, 3.8) is 0 Å². The quantitative estimate of drug-likeness (QED) is 0.0753. The molecule has 266 valence electrons. The van der Waals surface area contributed by atoms with E-state index in [2.05, 4.69) is 13.8 Å². The molecule has 0 unspecified atom stereocenters. The third-order valence-electron chi connectivity index (χ3n) is 11.9.